The molecule has 0 atom stereocenters. The highest BCUT2D eigenvalue weighted by atomic mass is 16.5. The number of aromatic carboxylic acids is 2. The molecule has 0 spiro atoms. The Labute approximate surface area is 78.7 Å². The van der Waals surface area contributed by atoms with Crippen LogP contribution in [-0.2, 0) is 0 Å². The molecular formula is C8H8O6. The third-order valence-electron chi connectivity index (χ3n) is 1.40. The third-order valence-corrected chi connectivity index (χ3v) is 1.40. The topological polar surface area (TPSA) is 97.0 Å². The van der Waals surface area contributed by atoms with Crippen molar-refractivity contribution in [3.63, 3.8) is 0 Å². The fraction of sp³-hybridized carbons (Fsp3) is 0.250. The molecule has 0 saturated heterocycles. The first kappa shape index (κ1) is 10.1. The molecule has 6 nitrogen and oxygen atoms in total. The summed E-state index contributed by atoms with van der Waals surface area (Å²) in [6.07, 6.45) is 0. The first-order valence-corrected chi connectivity index (χ1v) is 3.79. The van der Waals surface area contributed by atoms with E-state index in [9.17, 15) is 9.59 Å². The monoisotopic (exact) mass is 200 g/mol. The predicted octanol–water partition coefficient (Wildman–Crippen LogP) is 1.07. The molecule has 0 aliphatic carbocycles. The second-order valence-electron chi connectivity index (χ2n) is 2.35. The van der Waals surface area contributed by atoms with Crippen molar-refractivity contribution in [2.24, 2.45) is 0 Å². The molecule has 0 bridgehead atoms. The molecule has 76 valence electrons. The lowest BCUT2D eigenvalue weighted by molar-refractivity contribution is 0.0629. The van der Waals surface area contributed by atoms with E-state index in [1.54, 1.807) is 6.92 Å². The number of ether oxygens (including phenoxy) is 1. The van der Waals surface area contributed by atoms with Crippen molar-refractivity contribution in [1.29, 1.82) is 0 Å². The molecule has 0 saturated carbocycles. The minimum atomic E-state index is -1.36. The first-order chi connectivity index (χ1) is 6.56. The van der Waals surface area contributed by atoms with Crippen LogP contribution in [0.4, 0.5) is 0 Å². The molecule has 0 radical (unpaired) electrons. The molecular weight excluding hydrogens is 192 g/mol. The number of hydrogen-bond donors (Lipinski definition) is 2. The molecule has 0 unspecified atom stereocenters. The number of furan rings is 1. The quantitative estimate of drug-likeness (QED) is 0.754. The van der Waals surface area contributed by atoms with Gasteiger partial charge in [0.05, 0.1) is 6.61 Å². The summed E-state index contributed by atoms with van der Waals surface area (Å²) < 4.78 is 9.46. The summed E-state index contributed by atoms with van der Waals surface area (Å²) in [6.45, 7) is 1.89. The molecule has 0 aliphatic heterocycles. The number of carboxylic acids is 2. The van der Waals surface area contributed by atoms with Crippen LogP contribution in [0.1, 0.15) is 28.0 Å². The van der Waals surface area contributed by atoms with E-state index in [-0.39, 0.29) is 12.4 Å². The van der Waals surface area contributed by atoms with Gasteiger partial charge in [-0.1, -0.05) is 0 Å². The zero-order chi connectivity index (χ0) is 10.7. The minimum absolute atomic E-state index is 0.0719. The zero-order valence-electron chi connectivity index (χ0n) is 7.31. The van der Waals surface area contributed by atoms with Gasteiger partial charge in [-0.2, -0.15) is 0 Å². The highest BCUT2D eigenvalue weighted by molar-refractivity contribution is 5.91. The van der Waals surface area contributed by atoms with Crippen LogP contribution >= 0.6 is 0 Å². The first-order valence-electron chi connectivity index (χ1n) is 3.79. The molecule has 0 aromatic carbocycles. The lowest BCUT2D eigenvalue weighted by Gasteiger charge is -1.97. The minimum Gasteiger partial charge on any atom is -0.490 e. The average molecular weight is 200 g/mol. The standard InChI is InChI=1S/C8H8O6/c1-2-13-4-3-5(7(9)10)14-6(4)8(11)12/h3H,2H2,1H3,(H,9,10)(H,11,12). The van der Waals surface area contributed by atoms with Gasteiger partial charge in [0.25, 0.3) is 5.76 Å². The van der Waals surface area contributed by atoms with Gasteiger partial charge in [0.15, 0.2) is 5.75 Å². The lowest BCUT2D eigenvalue weighted by Crippen LogP contribution is -1.99. The molecule has 0 amide bonds. The summed E-state index contributed by atoms with van der Waals surface area (Å²) in [5, 5.41) is 17.2. The SMILES string of the molecule is CCOc1cc(C(=O)O)oc1C(=O)O. The lowest BCUT2D eigenvalue weighted by atomic mass is 10.4. The smallest absolute Gasteiger partial charge is 0.375 e. The van der Waals surface area contributed by atoms with E-state index in [2.05, 4.69) is 4.42 Å². The third kappa shape index (κ3) is 1.85. The summed E-state index contributed by atoms with van der Waals surface area (Å²) in [5.41, 5.74) is 0. The Kier molecular flexibility index (Phi) is 2.76. The Morgan fingerprint density at radius 2 is 2.07 bits per heavy atom. The van der Waals surface area contributed by atoms with E-state index in [4.69, 9.17) is 14.9 Å². The average Bonchev–Trinajstić information content (AvgIpc) is 2.49. The van der Waals surface area contributed by atoms with Crippen LogP contribution in [0.3, 0.4) is 0 Å². The normalized spacial score (nSPS) is 9.79. The van der Waals surface area contributed by atoms with Gasteiger partial charge in [-0.05, 0) is 6.92 Å². The fourth-order valence-electron chi connectivity index (χ4n) is 0.891. The van der Waals surface area contributed by atoms with E-state index in [1.807, 2.05) is 0 Å². The molecule has 1 heterocycles. The maximum Gasteiger partial charge on any atom is 0.375 e. The van der Waals surface area contributed by atoms with E-state index < -0.39 is 23.5 Å². The van der Waals surface area contributed by atoms with Crippen LogP contribution in [0.25, 0.3) is 0 Å². The molecule has 0 fully saturated rings. The second kappa shape index (κ2) is 3.82. The molecule has 14 heavy (non-hydrogen) atoms. The Morgan fingerprint density at radius 3 is 2.50 bits per heavy atom. The summed E-state index contributed by atoms with van der Waals surface area (Å²) >= 11 is 0. The number of carbonyl (C=O) groups is 2. The maximum absolute atomic E-state index is 10.6. The molecule has 6 heteroatoms. The Bertz CT molecular complexity index is 364. The van der Waals surface area contributed by atoms with Crippen LogP contribution in [0, 0.1) is 0 Å². The van der Waals surface area contributed by atoms with Crippen LogP contribution < -0.4 is 4.74 Å². The van der Waals surface area contributed by atoms with Crippen molar-refractivity contribution in [3.05, 3.63) is 17.6 Å². The summed E-state index contributed by atoms with van der Waals surface area (Å²) in [6, 6.07) is 1.04. The van der Waals surface area contributed by atoms with Gasteiger partial charge < -0.3 is 19.4 Å². The second-order valence-corrected chi connectivity index (χ2v) is 2.35. The van der Waals surface area contributed by atoms with Crippen molar-refractivity contribution in [3.8, 4) is 5.75 Å². The molecule has 1 aromatic rings. The van der Waals surface area contributed by atoms with Crippen molar-refractivity contribution in [2.75, 3.05) is 6.61 Å². The summed E-state index contributed by atoms with van der Waals surface area (Å²) in [5.74, 6) is -3.72. The molecule has 0 aliphatic rings. The van der Waals surface area contributed by atoms with Crippen LogP contribution in [0.2, 0.25) is 0 Å². The fourth-order valence-corrected chi connectivity index (χ4v) is 0.891. The van der Waals surface area contributed by atoms with Gasteiger partial charge in [0, 0.05) is 6.07 Å². The maximum atomic E-state index is 10.6. The zero-order valence-corrected chi connectivity index (χ0v) is 7.31. The summed E-state index contributed by atoms with van der Waals surface area (Å²) in [4.78, 5) is 21.0. The van der Waals surface area contributed by atoms with E-state index >= 15 is 0 Å². The van der Waals surface area contributed by atoms with Crippen molar-refractivity contribution in [1.82, 2.24) is 0 Å². The molecule has 1 aromatic heterocycles. The van der Waals surface area contributed by atoms with Gasteiger partial charge in [-0.25, -0.2) is 9.59 Å². The number of carboxylic acid groups (broad SMARTS) is 2. The van der Waals surface area contributed by atoms with Gasteiger partial charge >= 0.3 is 11.9 Å². The Hall–Kier alpha value is -1.98. The largest absolute Gasteiger partial charge is 0.490 e. The van der Waals surface area contributed by atoms with Gasteiger partial charge in [0.1, 0.15) is 0 Å². The van der Waals surface area contributed by atoms with Crippen LogP contribution in [-0.4, -0.2) is 28.8 Å². The molecule has 2 N–H and O–H groups in total. The van der Waals surface area contributed by atoms with Crippen molar-refractivity contribution in [2.45, 2.75) is 6.92 Å². The van der Waals surface area contributed by atoms with Gasteiger partial charge in [-0.3, -0.25) is 0 Å². The Morgan fingerprint density at radius 1 is 1.43 bits per heavy atom. The number of rotatable bonds is 4. The van der Waals surface area contributed by atoms with Crippen molar-refractivity contribution < 1.29 is 29.0 Å². The van der Waals surface area contributed by atoms with Crippen LogP contribution in [0.5, 0.6) is 5.75 Å². The van der Waals surface area contributed by atoms with E-state index in [0.29, 0.717) is 0 Å². The molecule has 1 rings (SSSR count). The van der Waals surface area contributed by atoms with Crippen molar-refractivity contribution >= 4 is 11.9 Å². The van der Waals surface area contributed by atoms with E-state index in [1.165, 1.54) is 0 Å². The van der Waals surface area contributed by atoms with E-state index in [0.717, 1.165) is 6.07 Å². The van der Waals surface area contributed by atoms with Gasteiger partial charge in [-0.15, -0.1) is 0 Å². The van der Waals surface area contributed by atoms with Crippen LogP contribution in [0.15, 0.2) is 10.5 Å². The highest BCUT2D eigenvalue weighted by Gasteiger charge is 2.21. The number of hydrogen-bond acceptors (Lipinski definition) is 4. The predicted molar refractivity (Wildman–Crippen MR) is 43.8 cm³/mol. The Balaban J connectivity index is 3.12. The van der Waals surface area contributed by atoms with Gasteiger partial charge in [0.2, 0.25) is 5.76 Å². The summed E-state index contributed by atoms with van der Waals surface area (Å²) in [7, 11) is 0. The highest BCUT2D eigenvalue weighted by Crippen LogP contribution is 2.23.